The van der Waals surface area contributed by atoms with Gasteiger partial charge in [0.1, 0.15) is 18.0 Å². The Kier molecular flexibility index (Phi) is 4.05. The average Bonchev–Trinajstić information content (AvgIpc) is 2.46. The van der Waals surface area contributed by atoms with Crippen molar-refractivity contribution in [3.05, 3.63) is 75.6 Å². The number of benzene rings is 2. The number of rotatable bonds is 4. The summed E-state index contributed by atoms with van der Waals surface area (Å²) in [6.07, 6.45) is 0. The summed E-state index contributed by atoms with van der Waals surface area (Å²) in [5.74, 6) is -1.79. The molecule has 0 radical (unpaired) electrons. The summed E-state index contributed by atoms with van der Waals surface area (Å²) in [7, 11) is 0. The van der Waals surface area contributed by atoms with Crippen LogP contribution in [-0.2, 0) is 11.3 Å². The molecular formula is C14H10FNO4. The Labute approximate surface area is 113 Å². The third kappa shape index (κ3) is 3.17. The molecule has 2 aromatic carbocycles. The fourth-order valence-corrected chi connectivity index (χ4v) is 1.58. The molecule has 102 valence electrons. The van der Waals surface area contributed by atoms with E-state index in [0.29, 0.717) is 0 Å². The summed E-state index contributed by atoms with van der Waals surface area (Å²) < 4.78 is 18.4. The minimum atomic E-state index is -0.935. The van der Waals surface area contributed by atoms with Gasteiger partial charge in [0.05, 0.1) is 4.92 Å². The number of nitro benzene ring substituents is 1. The number of non-ortho nitro benzene ring substituents is 1. The van der Waals surface area contributed by atoms with Crippen LogP contribution in [0, 0.1) is 15.9 Å². The molecule has 0 aliphatic rings. The summed E-state index contributed by atoms with van der Waals surface area (Å²) in [6.45, 7) is -0.0260. The molecule has 0 spiro atoms. The largest absolute Gasteiger partial charge is 0.457 e. The summed E-state index contributed by atoms with van der Waals surface area (Å²) in [5, 5.41) is 10.6. The van der Waals surface area contributed by atoms with E-state index in [-0.39, 0.29) is 12.3 Å². The van der Waals surface area contributed by atoms with Gasteiger partial charge in [0.25, 0.3) is 5.69 Å². The predicted molar refractivity (Wildman–Crippen MR) is 68.6 cm³/mol. The number of carbonyl (C=O) groups excluding carboxylic acids is 1. The van der Waals surface area contributed by atoms with Crippen molar-refractivity contribution >= 4 is 11.7 Å². The van der Waals surface area contributed by atoms with Crippen molar-refractivity contribution in [2.45, 2.75) is 6.61 Å². The number of esters is 1. The second kappa shape index (κ2) is 5.92. The number of carbonyl (C=O) groups is 1. The van der Waals surface area contributed by atoms with Crippen molar-refractivity contribution in [2.24, 2.45) is 0 Å². The predicted octanol–water partition coefficient (Wildman–Crippen LogP) is 3.09. The first-order valence-corrected chi connectivity index (χ1v) is 5.73. The maximum Gasteiger partial charge on any atom is 0.341 e. The van der Waals surface area contributed by atoms with Gasteiger partial charge in [-0.15, -0.1) is 0 Å². The van der Waals surface area contributed by atoms with Gasteiger partial charge in [-0.1, -0.05) is 30.3 Å². The summed E-state index contributed by atoms with van der Waals surface area (Å²) in [6, 6.07) is 11.6. The zero-order chi connectivity index (χ0) is 14.5. The van der Waals surface area contributed by atoms with Crippen LogP contribution in [0.25, 0.3) is 0 Å². The van der Waals surface area contributed by atoms with Crippen LogP contribution in [0.2, 0.25) is 0 Å². The molecule has 2 rings (SSSR count). The Bertz CT molecular complexity index is 643. The molecule has 20 heavy (non-hydrogen) atoms. The van der Waals surface area contributed by atoms with Crippen LogP contribution in [-0.4, -0.2) is 10.9 Å². The van der Waals surface area contributed by atoms with E-state index in [2.05, 4.69) is 0 Å². The van der Waals surface area contributed by atoms with Crippen molar-refractivity contribution in [3.8, 4) is 0 Å². The van der Waals surface area contributed by atoms with E-state index in [0.717, 1.165) is 23.8 Å². The maximum atomic E-state index is 13.5. The van der Waals surface area contributed by atoms with Crippen molar-refractivity contribution < 1.29 is 18.8 Å². The number of hydrogen-bond acceptors (Lipinski definition) is 4. The monoisotopic (exact) mass is 275 g/mol. The van der Waals surface area contributed by atoms with Gasteiger partial charge in [-0.25, -0.2) is 9.18 Å². The normalized spacial score (nSPS) is 10.1. The van der Waals surface area contributed by atoms with E-state index in [1.807, 2.05) is 6.07 Å². The van der Waals surface area contributed by atoms with Gasteiger partial charge < -0.3 is 4.74 Å². The lowest BCUT2D eigenvalue weighted by Gasteiger charge is -2.05. The first kappa shape index (κ1) is 13.7. The molecule has 5 nitrogen and oxygen atoms in total. The molecule has 0 fully saturated rings. The first-order valence-electron chi connectivity index (χ1n) is 5.73. The molecule has 0 saturated carbocycles. The average molecular weight is 275 g/mol. The molecule has 0 aliphatic heterocycles. The molecule has 0 aliphatic carbocycles. The smallest absolute Gasteiger partial charge is 0.341 e. The van der Waals surface area contributed by atoms with Crippen LogP contribution < -0.4 is 0 Å². The van der Waals surface area contributed by atoms with E-state index in [1.54, 1.807) is 24.3 Å². The summed E-state index contributed by atoms with van der Waals surface area (Å²) in [5.41, 5.74) is -0.0696. The summed E-state index contributed by atoms with van der Waals surface area (Å²) >= 11 is 0. The molecule has 2 aromatic rings. The summed E-state index contributed by atoms with van der Waals surface area (Å²) in [4.78, 5) is 21.6. The zero-order valence-corrected chi connectivity index (χ0v) is 10.3. The first-order chi connectivity index (χ1) is 9.58. The van der Waals surface area contributed by atoms with Crippen molar-refractivity contribution in [2.75, 3.05) is 0 Å². The van der Waals surface area contributed by atoms with Gasteiger partial charge in [-0.3, -0.25) is 10.1 Å². The number of hydrogen-bond donors (Lipinski definition) is 0. The second-order valence-electron chi connectivity index (χ2n) is 3.98. The minimum Gasteiger partial charge on any atom is -0.457 e. The van der Waals surface area contributed by atoms with Crippen LogP contribution in [0.3, 0.4) is 0 Å². The Balaban J connectivity index is 2.13. The SMILES string of the molecule is O=C(OCc1ccccc1)c1cc([N+](=O)[O-])ccc1F. The maximum absolute atomic E-state index is 13.5. The van der Waals surface area contributed by atoms with E-state index in [9.17, 15) is 19.3 Å². The highest BCUT2D eigenvalue weighted by Crippen LogP contribution is 2.18. The number of nitrogens with zero attached hydrogens (tertiary/aromatic N) is 1. The number of nitro groups is 1. The number of halogens is 1. The fourth-order valence-electron chi connectivity index (χ4n) is 1.58. The van der Waals surface area contributed by atoms with Crippen LogP contribution >= 0.6 is 0 Å². The van der Waals surface area contributed by atoms with E-state index < -0.39 is 22.3 Å². The highest BCUT2D eigenvalue weighted by Gasteiger charge is 2.18. The molecule has 0 unspecified atom stereocenters. The highest BCUT2D eigenvalue weighted by atomic mass is 19.1. The van der Waals surface area contributed by atoms with Crippen LogP contribution in [0.1, 0.15) is 15.9 Å². The fraction of sp³-hybridized carbons (Fsp3) is 0.0714. The van der Waals surface area contributed by atoms with Gasteiger partial charge in [0.15, 0.2) is 0 Å². The van der Waals surface area contributed by atoms with E-state index in [1.165, 1.54) is 0 Å². The van der Waals surface area contributed by atoms with Gasteiger partial charge in [-0.2, -0.15) is 0 Å². The van der Waals surface area contributed by atoms with Crippen LogP contribution in [0.5, 0.6) is 0 Å². The zero-order valence-electron chi connectivity index (χ0n) is 10.3. The Hall–Kier alpha value is -2.76. The quantitative estimate of drug-likeness (QED) is 0.488. The van der Waals surface area contributed by atoms with Crippen LogP contribution in [0.15, 0.2) is 48.5 Å². The van der Waals surface area contributed by atoms with Crippen molar-refractivity contribution in [1.29, 1.82) is 0 Å². The molecule has 0 amide bonds. The highest BCUT2D eigenvalue weighted by molar-refractivity contribution is 5.90. The lowest BCUT2D eigenvalue weighted by Crippen LogP contribution is -2.08. The Morgan fingerprint density at radius 3 is 2.55 bits per heavy atom. The third-order valence-corrected chi connectivity index (χ3v) is 2.59. The molecule has 0 aromatic heterocycles. The van der Waals surface area contributed by atoms with Crippen molar-refractivity contribution in [3.63, 3.8) is 0 Å². The van der Waals surface area contributed by atoms with Crippen LogP contribution in [0.4, 0.5) is 10.1 Å². The molecular weight excluding hydrogens is 265 g/mol. The number of ether oxygens (including phenoxy) is 1. The molecule has 0 heterocycles. The lowest BCUT2D eigenvalue weighted by atomic mass is 10.2. The van der Waals surface area contributed by atoms with Gasteiger partial charge in [0, 0.05) is 12.1 Å². The molecule has 0 saturated heterocycles. The third-order valence-electron chi connectivity index (χ3n) is 2.59. The van der Waals surface area contributed by atoms with E-state index >= 15 is 0 Å². The molecule has 0 bridgehead atoms. The standard InChI is InChI=1S/C14H10FNO4/c15-13-7-6-11(16(18)19)8-12(13)14(17)20-9-10-4-2-1-3-5-10/h1-8H,9H2. The van der Waals surface area contributed by atoms with Gasteiger partial charge in [0.2, 0.25) is 0 Å². The van der Waals surface area contributed by atoms with Gasteiger partial charge in [-0.05, 0) is 11.6 Å². The molecule has 6 heteroatoms. The van der Waals surface area contributed by atoms with Crippen molar-refractivity contribution in [1.82, 2.24) is 0 Å². The molecule has 0 atom stereocenters. The minimum absolute atomic E-state index is 0.0260. The van der Waals surface area contributed by atoms with Gasteiger partial charge >= 0.3 is 5.97 Å². The lowest BCUT2D eigenvalue weighted by molar-refractivity contribution is -0.384. The second-order valence-corrected chi connectivity index (χ2v) is 3.98. The Morgan fingerprint density at radius 2 is 1.90 bits per heavy atom. The Morgan fingerprint density at radius 1 is 1.20 bits per heavy atom. The molecule has 0 N–H and O–H groups in total. The van der Waals surface area contributed by atoms with E-state index in [4.69, 9.17) is 4.74 Å². The topological polar surface area (TPSA) is 69.4 Å².